The lowest BCUT2D eigenvalue weighted by Gasteiger charge is -2.40. The second-order valence-electron chi connectivity index (χ2n) is 8.13. The molecule has 154 valence electrons. The second-order valence-corrected chi connectivity index (χ2v) is 8.13. The number of carbonyl (C=O) groups excluding carboxylic acids is 1. The van der Waals surface area contributed by atoms with Gasteiger partial charge in [0.05, 0.1) is 5.54 Å². The molecule has 1 heterocycles. The van der Waals surface area contributed by atoms with Crippen molar-refractivity contribution in [2.24, 2.45) is 11.7 Å². The van der Waals surface area contributed by atoms with E-state index in [1.54, 1.807) is 0 Å². The van der Waals surface area contributed by atoms with Crippen molar-refractivity contribution in [2.75, 3.05) is 26.7 Å². The lowest BCUT2D eigenvalue weighted by Crippen LogP contribution is -2.57. The van der Waals surface area contributed by atoms with Gasteiger partial charge in [-0.2, -0.15) is 0 Å². The van der Waals surface area contributed by atoms with Gasteiger partial charge in [0.1, 0.15) is 0 Å². The Bertz CT molecular complexity index is 556. The van der Waals surface area contributed by atoms with E-state index in [0.29, 0.717) is 5.92 Å². The fourth-order valence-corrected chi connectivity index (χ4v) is 4.43. The largest absolute Gasteiger partial charge is 0.341 e. The molecule has 2 N–H and O–H groups in total. The fraction of sp³-hybridized carbons (Fsp3) is 0.667. The summed E-state index contributed by atoms with van der Waals surface area (Å²) in [6.45, 7) is 3.85. The molecule has 4 nitrogen and oxygen atoms in total. The Hall–Kier alpha value is -0.810. The van der Waals surface area contributed by atoms with Crippen LogP contribution < -0.4 is 5.73 Å². The number of piperidine rings is 1. The number of likely N-dealkylation sites (tertiary alicyclic amines) is 1. The third-order valence-electron chi connectivity index (χ3n) is 5.94. The predicted molar refractivity (Wildman–Crippen MR) is 117 cm³/mol. The zero-order valence-electron chi connectivity index (χ0n) is 16.4. The highest BCUT2D eigenvalue weighted by molar-refractivity contribution is 5.86. The third-order valence-corrected chi connectivity index (χ3v) is 5.94. The monoisotopic (exact) mass is 415 g/mol. The SMILES string of the molecule is CN(Cc1ccccc1)CC1CCN(C(=O)C2(N)CCCCC2)CC1.Cl.Cl. The summed E-state index contributed by atoms with van der Waals surface area (Å²) >= 11 is 0. The molecule has 1 saturated carbocycles. The molecule has 2 fully saturated rings. The minimum atomic E-state index is -0.574. The molecular weight excluding hydrogens is 381 g/mol. The van der Waals surface area contributed by atoms with Crippen molar-refractivity contribution in [3.8, 4) is 0 Å². The van der Waals surface area contributed by atoms with Gasteiger partial charge in [-0.1, -0.05) is 49.6 Å². The maximum absolute atomic E-state index is 12.8. The number of nitrogens with two attached hydrogens (primary N) is 1. The van der Waals surface area contributed by atoms with E-state index in [4.69, 9.17) is 5.73 Å². The molecule has 27 heavy (non-hydrogen) atoms. The molecule has 1 aromatic rings. The molecule has 0 unspecified atom stereocenters. The van der Waals surface area contributed by atoms with Crippen molar-refractivity contribution < 1.29 is 4.79 Å². The van der Waals surface area contributed by atoms with E-state index >= 15 is 0 Å². The molecule has 1 aliphatic heterocycles. The Kier molecular flexibility index (Phi) is 10.1. The van der Waals surface area contributed by atoms with Crippen LogP contribution in [0.1, 0.15) is 50.5 Å². The topological polar surface area (TPSA) is 49.6 Å². The van der Waals surface area contributed by atoms with E-state index in [2.05, 4.69) is 42.3 Å². The minimum absolute atomic E-state index is 0. The standard InChI is InChI=1S/C21H33N3O.2ClH/c1-23(16-18-8-4-2-5-9-18)17-19-10-14-24(15-11-19)20(25)21(22)12-6-3-7-13-21;;/h2,4-5,8-9,19H,3,6-7,10-17,22H2,1H3;2*1H. The number of halogens is 2. The molecular formula is C21H35Cl2N3O. The summed E-state index contributed by atoms with van der Waals surface area (Å²) in [6.07, 6.45) is 7.35. The van der Waals surface area contributed by atoms with E-state index in [-0.39, 0.29) is 30.7 Å². The summed E-state index contributed by atoms with van der Waals surface area (Å²) in [5.41, 5.74) is 7.22. The van der Waals surface area contributed by atoms with Crippen LogP contribution in [0.25, 0.3) is 0 Å². The lowest BCUT2D eigenvalue weighted by atomic mass is 9.81. The quantitative estimate of drug-likeness (QED) is 0.793. The zero-order chi connectivity index (χ0) is 17.7. The van der Waals surface area contributed by atoms with Crippen molar-refractivity contribution in [2.45, 2.75) is 57.0 Å². The van der Waals surface area contributed by atoms with Gasteiger partial charge in [0.2, 0.25) is 5.91 Å². The van der Waals surface area contributed by atoms with Crippen molar-refractivity contribution in [3.63, 3.8) is 0 Å². The molecule has 1 aliphatic carbocycles. The molecule has 0 atom stereocenters. The van der Waals surface area contributed by atoms with Crippen LogP contribution in [-0.2, 0) is 11.3 Å². The maximum Gasteiger partial charge on any atom is 0.242 e. The maximum atomic E-state index is 12.8. The number of amides is 1. The van der Waals surface area contributed by atoms with Crippen LogP contribution in [0.5, 0.6) is 0 Å². The van der Waals surface area contributed by atoms with Crippen molar-refractivity contribution in [1.29, 1.82) is 0 Å². The Labute approximate surface area is 176 Å². The van der Waals surface area contributed by atoms with E-state index in [1.165, 1.54) is 12.0 Å². The Morgan fingerprint density at radius 2 is 1.70 bits per heavy atom. The molecule has 2 aliphatic rings. The van der Waals surface area contributed by atoms with Crippen molar-refractivity contribution >= 4 is 30.7 Å². The molecule has 0 spiro atoms. The highest BCUT2D eigenvalue weighted by atomic mass is 35.5. The summed E-state index contributed by atoms with van der Waals surface area (Å²) in [7, 11) is 2.20. The van der Waals surface area contributed by atoms with Crippen LogP contribution in [0, 0.1) is 5.92 Å². The average Bonchev–Trinajstić information content (AvgIpc) is 2.63. The van der Waals surface area contributed by atoms with Gasteiger partial charge in [0, 0.05) is 26.2 Å². The molecule has 6 heteroatoms. The van der Waals surface area contributed by atoms with Crippen LogP contribution in [0.4, 0.5) is 0 Å². The average molecular weight is 416 g/mol. The van der Waals surface area contributed by atoms with Gasteiger partial charge >= 0.3 is 0 Å². The first-order valence-electron chi connectivity index (χ1n) is 9.87. The summed E-state index contributed by atoms with van der Waals surface area (Å²) in [5.74, 6) is 0.890. The molecule has 0 aromatic heterocycles. The Balaban J connectivity index is 0.00000182. The molecule has 3 rings (SSSR count). The first-order chi connectivity index (χ1) is 12.1. The van der Waals surface area contributed by atoms with Crippen molar-refractivity contribution in [1.82, 2.24) is 9.80 Å². The van der Waals surface area contributed by atoms with E-state index in [9.17, 15) is 4.79 Å². The molecule has 1 saturated heterocycles. The normalized spacial score (nSPS) is 19.9. The predicted octanol–water partition coefficient (Wildman–Crippen LogP) is 3.86. The minimum Gasteiger partial charge on any atom is -0.341 e. The van der Waals surface area contributed by atoms with E-state index in [1.807, 2.05) is 4.90 Å². The van der Waals surface area contributed by atoms with Gasteiger partial charge in [-0.05, 0) is 44.2 Å². The summed E-state index contributed by atoms with van der Waals surface area (Å²) in [6, 6.07) is 10.6. The molecule has 1 amide bonds. The van der Waals surface area contributed by atoms with Crippen LogP contribution >= 0.6 is 24.8 Å². The van der Waals surface area contributed by atoms with Gasteiger partial charge in [-0.15, -0.1) is 24.8 Å². The fourth-order valence-electron chi connectivity index (χ4n) is 4.43. The lowest BCUT2D eigenvalue weighted by molar-refractivity contribution is -0.139. The van der Waals surface area contributed by atoms with Crippen LogP contribution in [-0.4, -0.2) is 47.9 Å². The third kappa shape index (κ3) is 6.63. The van der Waals surface area contributed by atoms with E-state index in [0.717, 1.165) is 64.7 Å². The van der Waals surface area contributed by atoms with Crippen LogP contribution in [0.2, 0.25) is 0 Å². The smallest absolute Gasteiger partial charge is 0.242 e. The number of nitrogens with zero attached hydrogens (tertiary/aromatic N) is 2. The first-order valence-corrected chi connectivity index (χ1v) is 9.87. The first kappa shape index (κ1) is 24.2. The summed E-state index contributed by atoms with van der Waals surface area (Å²) in [5, 5.41) is 0. The zero-order valence-corrected chi connectivity index (χ0v) is 18.1. The van der Waals surface area contributed by atoms with Crippen molar-refractivity contribution in [3.05, 3.63) is 35.9 Å². The summed E-state index contributed by atoms with van der Waals surface area (Å²) in [4.78, 5) is 17.3. The number of hydrogen-bond donors (Lipinski definition) is 1. The highest BCUT2D eigenvalue weighted by Gasteiger charge is 2.39. The Morgan fingerprint density at radius 1 is 1.11 bits per heavy atom. The van der Waals surface area contributed by atoms with Gasteiger partial charge < -0.3 is 15.5 Å². The number of hydrogen-bond acceptors (Lipinski definition) is 3. The Morgan fingerprint density at radius 3 is 2.30 bits per heavy atom. The van der Waals surface area contributed by atoms with Gasteiger partial charge in [-0.3, -0.25) is 4.79 Å². The van der Waals surface area contributed by atoms with Crippen LogP contribution in [0.15, 0.2) is 30.3 Å². The highest BCUT2D eigenvalue weighted by Crippen LogP contribution is 2.29. The number of carbonyl (C=O) groups is 1. The number of benzene rings is 1. The van der Waals surface area contributed by atoms with E-state index < -0.39 is 5.54 Å². The second kappa shape index (κ2) is 11.3. The molecule has 0 radical (unpaired) electrons. The number of rotatable bonds is 5. The molecule has 1 aromatic carbocycles. The summed E-state index contributed by atoms with van der Waals surface area (Å²) < 4.78 is 0. The van der Waals surface area contributed by atoms with Gasteiger partial charge in [-0.25, -0.2) is 0 Å². The van der Waals surface area contributed by atoms with Gasteiger partial charge in [0.15, 0.2) is 0 Å². The van der Waals surface area contributed by atoms with Gasteiger partial charge in [0.25, 0.3) is 0 Å². The molecule has 0 bridgehead atoms. The van der Waals surface area contributed by atoms with Crippen LogP contribution in [0.3, 0.4) is 0 Å².